The first-order valence-corrected chi connectivity index (χ1v) is 7.45. The van der Waals surface area contributed by atoms with Crippen molar-refractivity contribution in [3.05, 3.63) is 24.7 Å². The standard InChI is InChI=1S/C16H23NO8/c1-11(2)16(22)25-12(3)24-15(21)7-8-17(4)9-10-23-14(20)6-5-13(18)19/h1,3,5-10H2,2,4H3,(H,18,19). The molecule has 0 amide bonds. The van der Waals surface area contributed by atoms with Crippen LogP contribution in [0.3, 0.4) is 0 Å². The lowest BCUT2D eigenvalue weighted by Gasteiger charge is -2.16. The topological polar surface area (TPSA) is 119 Å². The second kappa shape index (κ2) is 11.8. The highest BCUT2D eigenvalue weighted by Crippen LogP contribution is 2.04. The molecule has 0 aliphatic heterocycles. The number of likely N-dealkylation sites (N-methyl/N-ethyl adjacent to an activating group) is 1. The second-order valence-corrected chi connectivity index (χ2v) is 5.18. The van der Waals surface area contributed by atoms with Gasteiger partial charge in [0.2, 0.25) is 0 Å². The summed E-state index contributed by atoms with van der Waals surface area (Å²) in [6.07, 6.45) is -0.455. The number of hydrogen-bond donors (Lipinski definition) is 1. The minimum Gasteiger partial charge on any atom is -0.481 e. The summed E-state index contributed by atoms with van der Waals surface area (Å²) < 4.78 is 14.2. The zero-order valence-corrected chi connectivity index (χ0v) is 14.4. The maximum absolute atomic E-state index is 11.6. The molecule has 0 radical (unpaired) electrons. The fraction of sp³-hybridized carbons (Fsp3) is 0.500. The number of carbonyl (C=O) groups is 4. The second-order valence-electron chi connectivity index (χ2n) is 5.18. The SMILES string of the molecule is C=C(OC(=O)CCN(C)CCOC(=O)CCC(=O)O)OC(=O)C(=C)C. The summed E-state index contributed by atoms with van der Waals surface area (Å²) in [7, 11) is 1.70. The molecule has 0 heterocycles. The van der Waals surface area contributed by atoms with Crippen LogP contribution in [0.15, 0.2) is 24.7 Å². The van der Waals surface area contributed by atoms with E-state index in [0.717, 1.165) is 0 Å². The van der Waals surface area contributed by atoms with Gasteiger partial charge < -0.3 is 24.2 Å². The molecule has 0 spiro atoms. The summed E-state index contributed by atoms with van der Waals surface area (Å²) in [5.41, 5.74) is 0.148. The van der Waals surface area contributed by atoms with E-state index in [2.05, 4.69) is 17.9 Å². The van der Waals surface area contributed by atoms with E-state index in [1.807, 2.05) is 0 Å². The maximum Gasteiger partial charge on any atom is 0.340 e. The monoisotopic (exact) mass is 357 g/mol. The molecule has 0 rings (SSSR count). The Morgan fingerprint density at radius 2 is 1.60 bits per heavy atom. The number of carboxylic acid groups (broad SMARTS) is 1. The van der Waals surface area contributed by atoms with Crippen LogP contribution in [-0.2, 0) is 33.4 Å². The van der Waals surface area contributed by atoms with Crippen LogP contribution in [0.25, 0.3) is 0 Å². The lowest BCUT2D eigenvalue weighted by molar-refractivity contribution is -0.152. The zero-order valence-electron chi connectivity index (χ0n) is 14.4. The molecule has 9 heteroatoms. The van der Waals surface area contributed by atoms with Crippen molar-refractivity contribution in [3.8, 4) is 0 Å². The van der Waals surface area contributed by atoms with E-state index >= 15 is 0 Å². The van der Waals surface area contributed by atoms with Gasteiger partial charge in [0.05, 0.1) is 19.3 Å². The van der Waals surface area contributed by atoms with Crippen LogP contribution >= 0.6 is 0 Å². The number of aliphatic carboxylic acids is 1. The average Bonchev–Trinajstić information content (AvgIpc) is 2.50. The first kappa shape index (κ1) is 22.3. The van der Waals surface area contributed by atoms with Gasteiger partial charge in [-0.25, -0.2) is 4.79 Å². The Hall–Kier alpha value is -2.68. The summed E-state index contributed by atoms with van der Waals surface area (Å²) >= 11 is 0. The Balaban J connectivity index is 3.88. The molecular weight excluding hydrogens is 334 g/mol. The van der Waals surface area contributed by atoms with Crippen LogP contribution < -0.4 is 0 Å². The van der Waals surface area contributed by atoms with E-state index in [1.54, 1.807) is 11.9 Å². The number of rotatable bonds is 12. The van der Waals surface area contributed by atoms with Gasteiger partial charge in [-0.2, -0.15) is 0 Å². The molecule has 0 aromatic carbocycles. The highest BCUT2D eigenvalue weighted by molar-refractivity contribution is 5.87. The fourth-order valence-corrected chi connectivity index (χ4v) is 1.38. The van der Waals surface area contributed by atoms with Crippen molar-refractivity contribution >= 4 is 23.9 Å². The number of ether oxygens (including phenoxy) is 3. The van der Waals surface area contributed by atoms with E-state index in [1.165, 1.54) is 6.92 Å². The molecule has 0 bridgehead atoms. The predicted molar refractivity (Wildman–Crippen MR) is 86.1 cm³/mol. The van der Waals surface area contributed by atoms with E-state index in [4.69, 9.17) is 14.6 Å². The molecule has 0 fully saturated rings. The van der Waals surface area contributed by atoms with Gasteiger partial charge in [-0.1, -0.05) is 6.58 Å². The van der Waals surface area contributed by atoms with Crippen LogP contribution in [0.4, 0.5) is 0 Å². The quantitative estimate of drug-likeness (QED) is 0.308. The third-order valence-electron chi connectivity index (χ3n) is 2.76. The van der Waals surface area contributed by atoms with Crippen molar-refractivity contribution in [1.82, 2.24) is 4.90 Å². The molecule has 9 nitrogen and oxygen atoms in total. The van der Waals surface area contributed by atoms with E-state index in [9.17, 15) is 19.2 Å². The molecule has 0 aromatic rings. The summed E-state index contributed by atoms with van der Waals surface area (Å²) in [6.45, 7) is 8.88. The number of carbonyl (C=O) groups excluding carboxylic acids is 3. The maximum atomic E-state index is 11.6. The third kappa shape index (κ3) is 12.4. The molecule has 0 unspecified atom stereocenters. The van der Waals surface area contributed by atoms with Crippen LogP contribution in [0.1, 0.15) is 26.2 Å². The molecule has 0 atom stereocenters. The van der Waals surface area contributed by atoms with Crippen LogP contribution in [0.2, 0.25) is 0 Å². The molecule has 140 valence electrons. The van der Waals surface area contributed by atoms with Gasteiger partial charge in [-0.05, 0) is 20.6 Å². The molecule has 0 saturated heterocycles. The normalized spacial score (nSPS) is 10.0. The van der Waals surface area contributed by atoms with Gasteiger partial charge in [0, 0.05) is 18.7 Å². The first-order valence-electron chi connectivity index (χ1n) is 7.45. The Kier molecular flexibility index (Phi) is 10.5. The van der Waals surface area contributed by atoms with E-state index < -0.39 is 29.8 Å². The fourth-order valence-electron chi connectivity index (χ4n) is 1.38. The average molecular weight is 357 g/mol. The van der Waals surface area contributed by atoms with Crippen molar-refractivity contribution < 1.29 is 38.5 Å². The lowest BCUT2D eigenvalue weighted by atomic mass is 10.3. The summed E-state index contributed by atoms with van der Waals surface area (Å²) in [5, 5.41) is 8.44. The number of esters is 3. The molecule has 0 aliphatic rings. The van der Waals surface area contributed by atoms with Crippen LogP contribution in [-0.4, -0.2) is 60.6 Å². The van der Waals surface area contributed by atoms with E-state index in [-0.39, 0.29) is 31.4 Å². The first-order chi connectivity index (χ1) is 11.6. The summed E-state index contributed by atoms with van der Waals surface area (Å²) in [4.78, 5) is 46.0. The Morgan fingerprint density at radius 1 is 0.960 bits per heavy atom. The molecule has 25 heavy (non-hydrogen) atoms. The van der Waals surface area contributed by atoms with Gasteiger partial charge in [0.25, 0.3) is 5.95 Å². The largest absolute Gasteiger partial charge is 0.481 e. The van der Waals surface area contributed by atoms with Gasteiger partial charge in [0.1, 0.15) is 6.61 Å². The highest BCUT2D eigenvalue weighted by Gasteiger charge is 2.13. The smallest absolute Gasteiger partial charge is 0.340 e. The Labute approximate surface area is 145 Å². The van der Waals surface area contributed by atoms with Gasteiger partial charge in [-0.3, -0.25) is 14.4 Å². The molecular formula is C16H23NO8. The minimum atomic E-state index is -1.07. The highest BCUT2D eigenvalue weighted by atomic mass is 16.7. The molecule has 0 aromatic heterocycles. The Bertz CT molecular complexity index is 540. The minimum absolute atomic E-state index is 0.00705. The van der Waals surface area contributed by atoms with Crippen molar-refractivity contribution in [1.29, 1.82) is 0 Å². The van der Waals surface area contributed by atoms with Gasteiger partial charge in [-0.15, -0.1) is 0 Å². The summed E-state index contributed by atoms with van der Waals surface area (Å²) in [5.74, 6) is -3.45. The van der Waals surface area contributed by atoms with Crippen molar-refractivity contribution in [3.63, 3.8) is 0 Å². The van der Waals surface area contributed by atoms with Gasteiger partial charge >= 0.3 is 23.9 Å². The number of nitrogens with zero attached hydrogens (tertiary/aromatic N) is 1. The van der Waals surface area contributed by atoms with Gasteiger partial charge in [0.15, 0.2) is 0 Å². The number of hydrogen-bond acceptors (Lipinski definition) is 8. The van der Waals surface area contributed by atoms with E-state index in [0.29, 0.717) is 13.1 Å². The lowest BCUT2D eigenvalue weighted by Crippen LogP contribution is -2.27. The van der Waals surface area contributed by atoms with Crippen LogP contribution in [0, 0.1) is 0 Å². The summed E-state index contributed by atoms with van der Waals surface area (Å²) in [6, 6.07) is 0. The molecule has 1 N–H and O–H groups in total. The zero-order chi connectivity index (χ0) is 19.4. The third-order valence-corrected chi connectivity index (χ3v) is 2.76. The van der Waals surface area contributed by atoms with Crippen molar-refractivity contribution in [2.24, 2.45) is 0 Å². The van der Waals surface area contributed by atoms with Crippen molar-refractivity contribution in [2.45, 2.75) is 26.2 Å². The van der Waals surface area contributed by atoms with Crippen LogP contribution in [0.5, 0.6) is 0 Å². The number of carboxylic acids is 1. The Morgan fingerprint density at radius 3 is 2.16 bits per heavy atom. The molecule has 0 saturated carbocycles. The predicted octanol–water partition coefficient (Wildman–Crippen LogP) is 0.850. The molecule has 0 aliphatic carbocycles. The van der Waals surface area contributed by atoms with Crippen molar-refractivity contribution in [2.75, 3.05) is 26.7 Å².